The highest BCUT2D eigenvalue weighted by molar-refractivity contribution is 7.99. The van der Waals surface area contributed by atoms with Crippen LogP contribution in [0.1, 0.15) is 5.56 Å². The molecule has 0 aliphatic heterocycles. The molecule has 0 bridgehead atoms. The number of benzene rings is 2. The minimum absolute atomic E-state index is 0.101. The van der Waals surface area contributed by atoms with Crippen molar-refractivity contribution in [3.63, 3.8) is 0 Å². The number of methoxy groups -OCH3 is 2. The lowest BCUT2D eigenvalue weighted by atomic mass is 10.2. The molecule has 10 heteroatoms. The highest BCUT2D eigenvalue weighted by Crippen LogP contribution is 2.34. The van der Waals surface area contributed by atoms with Gasteiger partial charge < -0.3 is 19.2 Å². The van der Waals surface area contributed by atoms with Crippen molar-refractivity contribution >= 4 is 17.7 Å². The Morgan fingerprint density at radius 3 is 2.64 bits per heavy atom. The molecular formula is C23H21FN4O4S. The topological polar surface area (TPSA) is 91.4 Å². The average molecular weight is 469 g/mol. The number of carbonyl (C=O) groups is 1. The summed E-state index contributed by atoms with van der Waals surface area (Å²) in [6, 6.07) is 14.9. The number of rotatable bonds is 9. The number of nitrogens with one attached hydrogen (secondary N) is 1. The third-order valence-electron chi connectivity index (χ3n) is 4.74. The fraction of sp³-hybridized carbons (Fsp3) is 0.174. The molecule has 1 N–H and O–H groups in total. The van der Waals surface area contributed by atoms with Crippen molar-refractivity contribution in [1.82, 2.24) is 20.1 Å². The van der Waals surface area contributed by atoms with E-state index < -0.39 is 0 Å². The third-order valence-corrected chi connectivity index (χ3v) is 5.67. The van der Waals surface area contributed by atoms with E-state index in [0.717, 1.165) is 5.56 Å². The van der Waals surface area contributed by atoms with Crippen LogP contribution < -0.4 is 14.8 Å². The minimum atomic E-state index is -0.319. The first-order valence-electron chi connectivity index (χ1n) is 9.94. The fourth-order valence-electron chi connectivity index (χ4n) is 3.10. The molecular weight excluding hydrogens is 447 g/mol. The van der Waals surface area contributed by atoms with Crippen LogP contribution in [0.3, 0.4) is 0 Å². The molecule has 8 nitrogen and oxygen atoms in total. The summed E-state index contributed by atoms with van der Waals surface area (Å²) in [7, 11) is 3.14. The highest BCUT2D eigenvalue weighted by atomic mass is 32.2. The molecule has 1 amide bonds. The molecule has 4 aromatic rings. The molecule has 33 heavy (non-hydrogen) atoms. The number of nitrogens with zero attached hydrogens (tertiary/aromatic N) is 3. The van der Waals surface area contributed by atoms with Crippen molar-refractivity contribution in [2.45, 2.75) is 11.7 Å². The lowest BCUT2D eigenvalue weighted by Gasteiger charge is -2.14. The molecule has 0 fully saturated rings. The zero-order valence-electron chi connectivity index (χ0n) is 17.9. The Labute approximate surface area is 193 Å². The van der Waals surface area contributed by atoms with E-state index in [2.05, 4.69) is 15.5 Å². The van der Waals surface area contributed by atoms with E-state index in [9.17, 15) is 9.18 Å². The maximum atomic E-state index is 13.0. The maximum absolute atomic E-state index is 13.0. The quantitative estimate of drug-likeness (QED) is 0.370. The van der Waals surface area contributed by atoms with Crippen molar-refractivity contribution < 1.29 is 23.1 Å². The SMILES string of the molecule is COc1ccc(OC)c(-n2c(SCC(=O)NCc3ccc(F)cc3)nnc2-c2ccco2)c1. The summed E-state index contributed by atoms with van der Waals surface area (Å²) in [5.74, 6) is 1.75. The van der Waals surface area contributed by atoms with Crippen LogP contribution in [-0.4, -0.2) is 40.6 Å². The third kappa shape index (κ3) is 5.17. The molecule has 0 unspecified atom stereocenters. The molecule has 2 heterocycles. The number of hydrogen-bond acceptors (Lipinski definition) is 7. The fourth-order valence-corrected chi connectivity index (χ4v) is 3.88. The Morgan fingerprint density at radius 1 is 1.12 bits per heavy atom. The molecule has 0 atom stereocenters. The van der Waals surface area contributed by atoms with Gasteiger partial charge in [-0.1, -0.05) is 23.9 Å². The number of aromatic nitrogens is 3. The number of halogens is 1. The van der Waals surface area contributed by atoms with Gasteiger partial charge >= 0.3 is 0 Å². The molecule has 170 valence electrons. The summed E-state index contributed by atoms with van der Waals surface area (Å²) < 4.78 is 31.3. The van der Waals surface area contributed by atoms with Crippen molar-refractivity contribution in [1.29, 1.82) is 0 Å². The summed E-state index contributed by atoms with van der Waals surface area (Å²) >= 11 is 1.22. The van der Waals surface area contributed by atoms with Crippen LogP contribution in [0, 0.1) is 5.82 Å². The normalized spacial score (nSPS) is 10.8. The summed E-state index contributed by atoms with van der Waals surface area (Å²) in [6.07, 6.45) is 1.55. The summed E-state index contributed by atoms with van der Waals surface area (Å²) in [4.78, 5) is 12.4. The number of amides is 1. The lowest BCUT2D eigenvalue weighted by molar-refractivity contribution is -0.118. The molecule has 2 aromatic carbocycles. The van der Waals surface area contributed by atoms with Crippen molar-refractivity contribution in [3.8, 4) is 28.8 Å². The Hall–Kier alpha value is -3.79. The standard InChI is InChI=1S/C23H21FN4O4S/c1-30-17-9-10-19(31-2)18(12-17)28-22(20-4-3-11-32-20)26-27-23(28)33-14-21(29)25-13-15-5-7-16(24)8-6-15/h3-12H,13-14H2,1-2H3,(H,25,29). The first-order chi connectivity index (χ1) is 16.1. The average Bonchev–Trinajstić information content (AvgIpc) is 3.51. The van der Waals surface area contributed by atoms with Gasteiger partial charge in [-0.25, -0.2) is 4.39 Å². The zero-order valence-corrected chi connectivity index (χ0v) is 18.8. The molecule has 0 aliphatic rings. The molecule has 0 saturated heterocycles. The van der Waals surface area contributed by atoms with E-state index in [4.69, 9.17) is 13.9 Å². The Balaban J connectivity index is 1.57. The van der Waals surface area contributed by atoms with E-state index in [1.54, 1.807) is 67.5 Å². The first-order valence-corrected chi connectivity index (χ1v) is 10.9. The second kappa shape index (κ2) is 10.2. The van der Waals surface area contributed by atoms with E-state index in [1.807, 2.05) is 0 Å². The summed E-state index contributed by atoms with van der Waals surface area (Å²) in [5, 5.41) is 11.9. The number of carbonyl (C=O) groups excluding carboxylic acids is 1. The van der Waals surface area contributed by atoms with Crippen LogP contribution in [-0.2, 0) is 11.3 Å². The number of thioether (sulfide) groups is 1. The van der Waals surface area contributed by atoms with Crippen LogP contribution in [0.15, 0.2) is 70.4 Å². The van der Waals surface area contributed by atoms with Gasteiger partial charge in [0, 0.05) is 12.6 Å². The zero-order chi connectivity index (χ0) is 23.2. The van der Waals surface area contributed by atoms with E-state index in [-0.39, 0.29) is 17.5 Å². The highest BCUT2D eigenvalue weighted by Gasteiger charge is 2.22. The Kier molecular flexibility index (Phi) is 6.94. The molecule has 2 aromatic heterocycles. The van der Waals surface area contributed by atoms with E-state index in [0.29, 0.717) is 40.5 Å². The monoisotopic (exact) mass is 468 g/mol. The Bertz CT molecular complexity index is 1230. The largest absolute Gasteiger partial charge is 0.497 e. The summed E-state index contributed by atoms with van der Waals surface area (Å²) in [5.41, 5.74) is 1.45. The summed E-state index contributed by atoms with van der Waals surface area (Å²) in [6.45, 7) is 0.299. The number of furan rings is 1. The van der Waals surface area contributed by atoms with Gasteiger partial charge in [-0.3, -0.25) is 9.36 Å². The van der Waals surface area contributed by atoms with Gasteiger partial charge in [-0.2, -0.15) is 0 Å². The maximum Gasteiger partial charge on any atom is 0.230 e. The van der Waals surface area contributed by atoms with Crippen LogP contribution in [0.5, 0.6) is 11.5 Å². The Morgan fingerprint density at radius 2 is 1.94 bits per heavy atom. The predicted molar refractivity (Wildman–Crippen MR) is 121 cm³/mol. The van der Waals surface area contributed by atoms with Crippen molar-refractivity contribution in [2.75, 3.05) is 20.0 Å². The second-order valence-electron chi connectivity index (χ2n) is 6.85. The van der Waals surface area contributed by atoms with E-state index >= 15 is 0 Å². The van der Waals surface area contributed by atoms with Gasteiger partial charge in [-0.05, 0) is 42.0 Å². The molecule has 4 rings (SSSR count). The molecule has 0 aliphatic carbocycles. The van der Waals surface area contributed by atoms with Crippen LogP contribution >= 0.6 is 11.8 Å². The molecule has 0 radical (unpaired) electrons. The lowest BCUT2D eigenvalue weighted by Crippen LogP contribution is -2.24. The van der Waals surface area contributed by atoms with Crippen LogP contribution in [0.4, 0.5) is 4.39 Å². The van der Waals surface area contributed by atoms with Gasteiger partial charge in [0.1, 0.15) is 17.3 Å². The smallest absolute Gasteiger partial charge is 0.230 e. The number of hydrogen-bond donors (Lipinski definition) is 1. The molecule has 0 saturated carbocycles. The predicted octanol–water partition coefficient (Wildman–Crippen LogP) is 4.09. The van der Waals surface area contributed by atoms with Crippen molar-refractivity contribution in [3.05, 3.63) is 72.2 Å². The van der Waals surface area contributed by atoms with Crippen LogP contribution in [0.25, 0.3) is 17.3 Å². The van der Waals surface area contributed by atoms with Gasteiger partial charge in [0.25, 0.3) is 0 Å². The molecule has 0 spiro atoms. The van der Waals surface area contributed by atoms with Gasteiger partial charge in [0.15, 0.2) is 10.9 Å². The first kappa shape index (κ1) is 22.4. The minimum Gasteiger partial charge on any atom is -0.497 e. The number of ether oxygens (including phenoxy) is 2. The van der Waals surface area contributed by atoms with Crippen LogP contribution in [0.2, 0.25) is 0 Å². The van der Waals surface area contributed by atoms with E-state index in [1.165, 1.54) is 23.9 Å². The van der Waals surface area contributed by atoms with Crippen molar-refractivity contribution in [2.24, 2.45) is 0 Å². The second-order valence-corrected chi connectivity index (χ2v) is 7.79. The van der Waals surface area contributed by atoms with Gasteiger partial charge in [0.2, 0.25) is 11.7 Å². The van der Waals surface area contributed by atoms with Gasteiger partial charge in [0.05, 0.1) is 31.9 Å². The van der Waals surface area contributed by atoms with Gasteiger partial charge in [-0.15, -0.1) is 10.2 Å².